The van der Waals surface area contributed by atoms with Crippen molar-refractivity contribution in [1.82, 2.24) is 15.0 Å². The van der Waals surface area contributed by atoms with Gasteiger partial charge in [-0.15, -0.1) is 0 Å². The Balaban J connectivity index is 1.77. The Morgan fingerprint density at radius 3 is 2.58 bits per heavy atom. The Morgan fingerprint density at radius 2 is 1.85 bits per heavy atom. The lowest BCUT2D eigenvalue weighted by Crippen LogP contribution is -2.05. The van der Waals surface area contributed by atoms with Gasteiger partial charge in [0.2, 0.25) is 0 Å². The number of aromatic nitrogens is 3. The number of pyridine rings is 1. The van der Waals surface area contributed by atoms with Crippen molar-refractivity contribution >= 4 is 17.3 Å². The summed E-state index contributed by atoms with van der Waals surface area (Å²) >= 11 is 0. The van der Waals surface area contributed by atoms with E-state index in [1.807, 2.05) is 49.5 Å². The van der Waals surface area contributed by atoms with Crippen molar-refractivity contribution in [2.75, 3.05) is 24.9 Å². The molecule has 7 nitrogen and oxygen atoms in total. The van der Waals surface area contributed by atoms with Crippen LogP contribution in [0.1, 0.15) is 11.4 Å². The number of nitrogens with zero attached hydrogens (tertiary/aromatic N) is 3. The molecule has 0 aliphatic rings. The Morgan fingerprint density at radius 1 is 1.00 bits per heavy atom. The van der Waals surface area contributed by atoms with Gasteiger partial charge in [0, 0.05) is 31.1 Å². The number of ether oxygens (including phenoxy) is 2. The number of hydrogen-bond donors (Lipinski definition) is 2. The van der Waals surface area contributed by atoms with Gasteiger partial charge in [0.05, 0.1) is 19.9 Å². The van der Waals surface area contributed by atoms with Gasteiger partial charge in [-0.1, -0.05) is 6.07 Å². The Bertz CT molecular complexity index is 871. The molecule has 0 amide bonds. The SMILES string of the molecule is COc1ccc(Nc2cc(NCc3cccnc3)nc(C)n2)c(OC)c1. The van der Waals surface area contributed by atoms with Crippen LogP contribution in [0.4, 0.5) is 17.3 Å². The Labute approximate surface area is 152 Å². The summed E-state index contributed by atoms with van der Waals surface area (Å²) in [5, 5.41) is 6.56. The molecule has 134 valence electrons. The first kappa shape index (κ1) is 17.5. The van der Waals surface area contributed by atoms with E-state index in [2.05, 4.69) is 25.6 Å². The normalized spacial score (nSPS) is 10.3. The van der Waals surface area contributed by atoms with E-state index in [-0.39, 0.29) is 0 Å². The minimum Gasteiger partial charge on any atom is -0.497 e. The average molecular weight is 351 g/mol. The zero-order valence-corrected chi connectivity index (χ0v) is 15.0. The molecule has 0 saturated heterocycles. The summed E-state index contributed by atoms with van der Waals surface area (Å²) in [5.41, 5.74) is 1.87. The van der Waals surface area contributed by atoms with Crippen molar-refractivity contribution in [1.29, 1.82) is 0 Å². The lowest BCUT2D eigenvalue weighted by atomic mass is 10.2. The van der Waals surface area contributed by atoms with Crippen LogP contribution in [0.15, 0.2) is 48.8 Å². The van der Waals surface area contributed by atoms with E-state index < -0.39 is 0 Å². The predicted octanol–water partition coefficient (Wildman–Crippen LogP) is 3.55. The summed E-state index contributed by atoms with van der Waals surface area (Å²) in [6, 6.07) is 11.3. The van der Waals surface area contributed by atoms with E-state index >= 15 is 0 Å². The number of benzene rings is 1. The fraction of sp³-hybridized carbons (Fsp3) is 0.211. The molecule has 3 rings (SSSR count). The molecule has 0 atom stereocenters. The van der Waals surface area contributed by atoms with Gasteiger partial charge in [-0.05, 0) is 30.7 Å². The third-order valence-corrected chi connectivity index (χ3v) is 3.71. The highest BCUT2D eigenvalue weighted by Gasteiger charge is 2.08. The molecule has 2 aromatic heterocycles. The molecule has 3 aromatic rings. The first-order chi connectivity index (χ1) is 12.7. The van der Waals surface area contributed by atoms with Gasteiger partial charge in [0.1, 0.15) is 29.0 Å². The van der Waals surface area contributed by atoms with Crippen LogP contribution in [0, 0.1) is 6.92 Å². The van der Waals surface area contributed by atoms with Crippen LogP contribution in [0.25, 0.3) is 0 Å². The van der Waals surface area contributed by atoms with Crippen LogP contribution in [-0.4, -0.2) is 29.2 Å². The standard InChI is InChI=1S/C19H21N5O2/c1-13-22-18(21-12-14-5-4-8-20-11-14)10-19(23-13)24-16-7-6-15(25-2)9-17(16)26-3/h4-11H,12H2,1-3H3,(H2,21,22,23,24). The van der Waals surface area contributed by atoms with Gasteiger partial charge in [0.15, 0.2) is 0 Å². The third-order valence-electron chi connectivity index (χ3n) is 3.71. The van der Waals surface area contributed by atoms with Gasteiger partial charge in [-0.25, -0.2) is 9.97 Å². The topological polar surface area (TPSA) is 81.2 Å². The van der Waals surface area contributed by atoms with Gasteiger partial charge >= 0.3 is 0 Å². The first-order valence-electron chi connectivity index (χ1n) is 8.15. The van der Waals surface area contributed by atoms with E-state index in [0.717, 1.165) is 22.8 Å². The molecular weight excluding hydrogens is 330 g/mol. The summed E-state index contributed by atoms with van der Waals surface area (Å²) < 4.78 is 10.6. The fourth-order valence-electron chi connectivity index (χ4n) is 2.46. The number of nitrogens with one attached hydrogen (secondary N) is 2. The second-order valence-electron chi connectivity index (χ2n) is 5.59. The highest BCUT2D eigenvalue weighted by Crippen LogP contribution is 2.31. The molecule has 0 unspecified atom stereocenters. The molecule has 0 bridgehead atoms. The second-order valence-corrected chi connectivity index (χ2v) is 5.59. The van der Waals surface area contributed by atoms with E-state index in [4.69, 9.17) is 9.47 Å². The second kappa shape index (κ2) is 8.15. The average Bonchev–Trinajstić information content (AvgIpc) is 2.67. The Kier molecular flexibility index (Phi) is 5.48. The molecule has 2 N–H and O–H groups in total. The third kappa shape index (κ3) is 4.38. The van der Waals surface area contributed by atoms with Crippen LogP contribution in [-0.2, 0) is 6.54 Å². The van der Waals surface area contributed by atoms with Crippen molar-refractivity contribution in [3.05, 3.63) is 60.2 Å². The molecule has 26 heavy (non-hydrogen) atoms. The molecule has 0 spiro atoms. The molecule has 0 saturated carbocycles. The van der Waals surface area contributed by atoms with Gasteiger partial charge in [0.25, 0.3) is 0 Å². The summed E-state index contributed by atoms with van der Waals surface area (Å²) in [6.07, 6.45) is 3.57. The lowest BCUT2D eigenvalue weighted by molar-refractivity contribution is 0.395. The van der Waals surface area contributed by atoms with Crippen molar-refractivity contribution in [3.63, 3.8) is 0 Å². The highest BCUT2D eigenvalue weighted by molar-refractivity contribution is 5.67. The van der Waals surface area contributed by atoms with Gasteiger partial charge < -0.3 is 20.1 Å². The van der Waals surface area contributed by atoms with E-state index in [0.29, 0.717) is 23.9 Å². The molecule has 7 heteroatoms. The quantitative estimate of drug-likeness (QED) is 0.673. The number of methoxy groups -OCH3 is 2. The molecule has 1 aromatic carbocycles. The summed E-state index contributed by atoms with van der Waals surface area (Å²) in [7, 11) is 3.24. The molecule has 0 fully saturated rings. The summed E-state index contributed by atoms with van der Waals surface area (Å²) in [5.74, 6) is 3.47. The summed E-state index contributed by atoms with van der Waals surface area (Å²) in [4.78, 5) is 13.0. The predicted molar refractivity (Wildman–Crippen MR) is 101 cm³/mol. The summed E-state index contributed by atoms with van der Waals surface area (Å²) in [6.45, 7) is 2.49. The van der Waals surface area contributed by atoms with E-state index in [9.17, 15) is 0 Å². The van der Waals surface area contributed by atoms with Crippen LogP contribution in [0.2, 0.25) is 0 Å². The maximum absolute atomic E-state index is 5.42. The molecule has 0 aliphatic carbocycles. The van der Waals surface area contributed by atoms with Gasteiger partial charge in [-0.3, -0.25) is 4.98 Å². The first-order valence-corrected chi connectivity index (χ1v) is 8.15. The fourth-order valence-corrected chi connectivity index (χ4v) is 2.46. The zero-order valence-electron chi connectivity index (χ0n) is 15.0. The minimum atomic E-state index is 0.635. The monoisotopic (exact) mass is 351 g/mol. The molecule has 2 heterocycles. The van der Waals surface area contributed by atoms with Crippen LogP contribution < -0.4 is 20.1 Å². The molecule has 0 aliphatic heterocycles. The Hall–Kier alpha value is -3.35. The number of aryl methyl sites for hydroxylation is 1. The largest absolute Gasteiger partial charge is 0.497 e. The van der Waals surface area contributed by atoms with Crippen LogP contribution in [0.5, 0.6) is 11.5 Å². The maximum atomic E-state index is 5.42. The van der Waals surface area contributed by atoms with Crippen molar-refractivity contribution in [2.24, 2.45) is 0 Å². The van der Waals surface area contributed by atoms with E-state index in [1.54, 1.807) is 20.4 Å². The minimum absolute atomic E-state index is 0.635. The number of hydrogen-bond acceptors (Lipinski definition) is 7. The van der Waals surface area contributed by atoms with Gasteiger partial charge in [-0.2, -0.15) is 0 Å². The smallest absolute Gasteiger partial charge is 0.146 e. The number of rotatable bonds is 7. The molecular formula is C19H21N5O2. The molecule has 0 radical (unpaired) electrons. The van der Waals surface area contributed by atoms with Crippen LogP contribution in [0.3, 0.4) is 0 Å². The highest BCUT2D eigenvalue weighted by atomic mass is 16.5. The zero-order chi connectivity index (χ0) is 18.4. The van der Waals surface area contributed by atoms with Crippen molar-refractivity contribution < 1.29 is 9.47 Å². The number of anilines is 3. The van der Waals surface area contributed by atoms with Crippen LogP contribution >= 0.6 is 0 Å². The van der Waals surface area contributed by atoms with Crippen molar-refractivity contribution in [2.45, 2.75) is 13.5 Å². The van der Waals surface area contributed by atoms with Crippen molar-refractivity contribution in [3.8, 4) is 11.5 Å². The van der Waals surface area contributed by atoms with E-state index in [1.165, 1.54) is 0 Å². The maximum Gasteiger partial charge on any atom is 0.146 e. The lowest BCUT2D eigenvalue weighted by Gasteiger charge is -2.13.